The van der Waals surface area contributed by atoms with Gasteiger partial charge in [-0.15, -0.1) is 0 Å². The van der Waals surface area contributed by atoms with Crippen LogP contribution in [-0.2, 0) is 0 Å². The standard InChI is InChI=1S/C2H3NSe/c3-1-2-4/h4H,2H2. The van der Waals surface area contributed by atoms with E-state index in [9.17, 15) is 0 Å². The van der Waals surface area contributed by atoms with Crippen LogP contribution in [-0.4, -0.2) is 16.0 Å². The molecule has 0 aromatic rings. The fourth-order valence-electron chi connectivity index (χ4n) is 0. The Morgan fingerprint density at radius 2 is 2.25 bits per heavy atom. The second-order valence-electron chi connectivity index (χ2n) is 0.316. The van der Waals surface area contributed by atoms with Crippen LogP contribution in [0.5, 0.6) is 0 Å². The molecule has 0 N–H and O–H groups in total. The molecule has 4 heavy (non-hydrogen) atoms. The summed E-state index contributed by atoms with van der Waals surface area (Å²) in [6.45, 7) is 0. The van der Waals surface area contributed by atoms with Gasteiger partial charge in [0.05, 0.1) is 0 Å². The van der Waals surface area contributed by atoms with Crippen molar-refractivity contribution >= 4 is 16.0 Å². The van der Waals surface area contributed by atoms with Gasteiger partial charge in [0.15, 0.2) is 0 Å². The number of nitrogens with zero attached hydrogens (tertiary/aromatic N) is 1. The van der Waals surface area contributed by atoms with Crippen molar-refractivity contribution in [1.82, 2.24) is 0 Å². The van der Waals surface area contributed by atoms with Gasteiger partial charge in [0.1, 0.15) is 0 Å². The Hall–Kier alpha value is 0.00948. The molecule has 0 spiro atoms. The first kappa shape index (κ1) is 4.01. The van der Waals surface area contributed by atoms with Crippen molar-refractivity contribution in [3.63, 3.8) is 0 Å². The molecule has 0 rings (SSSR count). The molecule has 0 saturated heterocycles. The van der Waals surface area contributed by atoms with Gasteiger partial charge in [-0.05, 0) is 0 Å². The Morgan fingerprint density at radius 1 is 2.00 bits per heavy atom. The number of hydrogen-bond donors (Lipinski definition) is 0. The van der Waals surface area contributed by atoms with E-state index in [1.54, 1.807) is 0 Å². The summed E-state index contributed by atoms with van der Waals surface area (Å²) >= 11 is 2.18. The van der Waals surface area contributed by atoms with Gasteiger partial charge in [0.25, 0.3) is 0 Å². The zero-order valence-corrected chi connectivity index (χ0v) is 3.98. The third-order valence-corrected chi connectivity index (χ3v) is 0.367. The topological polar surface area (TPSA) is 23.8 Å². The van der Waals surface area contributed by atoms with Gasteiger partial charge in [-0.3, -0.25) is 0 Å². The molecule has 0 radical (unpaired) electrons. The van der Waals surface area contributed by atoms with Crippen molar-refractivity contribution in [2.45, 2.75) is 5.32 Å². The molecular weight excluding hydrogens is 117 g/mol. The summed E-state index contributed by atoms with van der Waals surface area (Å²) in [4.78, 5) is 0. The van der Waals surface area contributed by atoms with E-state index in [-0.39, 0.29) is 0 Å². The minimum absolute atomic E-state index is 0.562. The van der Waals surface area contributed by atoms with Crippen LogP contribution in [0.1, 0.15) is 0 Å². The van der Waals surface area contributed by atoms with Gasteiger partial charge in [-0.2, -0.15) is 0 Å². The van der Waals surface area contributed by atoms with E-state index in [0.717, 1.165) is 0 Å². The maximum absolute atomic E-state index is 7.61. The van der Waals surface area contributed by atoms with Gasteiger partial charge in [0.2, 0.25) is 0 Å². The molecule has 0 aliphatic rings. The van der Waals surface area contributed by atoms with E-state index in [4.69, 9.17) is 5.26 Å². The maximum atomic E-state index is 7.61. The van der Waals surface area contributed by atoms with Gasteiger partial charge in [0, 0.05) is 0 Å². The normalized spacial score (nSPS) is 5.00. The van der Waals surface area contributed by atoms with Crippen molar-refractivity contribution in [3.05, 3.63) is 0 Å². The molecule has 0 aromatic carbocycles. The molecule has 0 fully saturated rings. The van der Waals surface area contributed by atoms with E-state index in [2.05, 4.69) is 16.0 Å². The van der Waals surface area contributed by atoms with Gasteiger partial charge in [-0.1, -0.05) is 0 Å². The summed E-state index contributed by atoms with van der Waals surface area (Å²) in [5.41, 5.74) is 0. The molecule has 0 atom stereocenters. The Labute approximate surface area is 33.4 Å². The third-order valence-electron chi connectivity index (χ3n) is 0.0707. The van der Waals surface area contributed by atoms with Gasteiger partial charge < -0.3 is 0 Å². The van der Waals surface area contributed by atoms with E-state index >= 15 is 0 Å². The summed E-state index contributed by atoms with van der Waals surface area (Å²) in [5, 5.41) is 8.17. The quantitative estimate of drug-likeness (QED) is 0.407. The van der Waals surface area contributed by atoms with Crippen molar-refractivity contribution in [3.8, 4) is 6.07 Å². The summed E-state index contributed by atoms with van der Waals surface area (Å²) < 4.78 is 0. The zero-order valence-electron chi connectivity index (χ0n) is 2.10. The SMILES string of the molecule is N#CC[SeH]. The third kappa shape index (κ3) is 2.01. The van der Waals surface area contributed by atoms with Crippen LogP contribution in [0.25, 0.3) is 0 Å². The first-order valence-corrected chi connectivity index (χ1v) is 2.22. The fourth-order valence-corrected chi connectivity index (χ4v) is 0. The molecule has 0 aromatic heterocycles. The van der Waals surface area contributed by atoms with Crippen molar-refractivity contribution in [2.75, 3.05) is 0 Å². The van der Waals surface area contributed by atoms with E-state index in [1.807, 2.05) is 6.07 Å². The molecule has 0 amide bonds. The van der Waals surface area contributed by atoms with Crippen LogP contribution in [0.3, 0.4) is 0 Å². The van der Waals surface area contributed by atoms with Crippen molar-refractivity contribution < 1.29 is 0 Å². The molecule has 22 valence electrons. The molecule has 0 saturated carbocycles. The second-order valence-corrected chi connectivity index (χ2v) is 0.980. The summed E-state index contributed by atoms with van der Waals surface area (Å²) in [6, 6.07) is 1.90. The molecule has 0 heterocycles. The molecular formula is C2H3NSe. The van der Waals surface area contributed by atoms with E-state index in [0.29, 0.717) is 5.32 Å². The van der Waals surface area contributed by atoms with Crippen LogP contribution >= 0.6 is 0 Å². The molecule has 2 heteroatoms. The second kappa shape index (κ2) is 3.01. The van der Waals surface area contributed by atoms with Crippen molar-refractivity contribution in [1.29, 1.82) is 5.26 Å². The Morgan fingerprint density at radius 3 is 2.25 bits per heavy atom. The van der Waals surface area contributed by atoms with Gasteiger partial charge in [-0.25, -0.2) is 0 Å². The molecule has 0 aliphatic heterocycles. The van der Waals surface area contributed by atoms with Crippen LogP contribution < -0.4 is 0 Å². The number of hydrogen-bond acceptors (Lipinski definition) is 1. The summed E-state index contributed by atoms with van der Waals surface area (Å²) in [6.07, 6.45) is 0. The average Bonchev–Trinajstić information content (AvgIpc) is 1.37. The predicted molar refractivity (Wildman–Crippen MR) is 17.6 cm³/mol. The average molecular weight is 120 g/mol. The summed E-state index contributed by atoms with van der Waals surface area (Å²) in [7, 11) is 0. The number of rotatable bonds is 0. The van der Waals surface area contributed by atoms with Crippen LogP contribution in [0, 0.1) is 11.3 Å². The first-order chi connectivity index (χ1) is 1.91. The summed E-state index contributed by atoms with van der Waals surface area (Å²) in [5.74, 6) is 0. The van der Waals surface area contributed by atoms with Crippen molar-refractivity contribution in [2.24, 2.45) is 0 Å². The van der Waals surface area contributed by atoms with Crippen LogP contribution in [0.2, 0.25) is 5.32 Å². The molecule has 0 unspecified atom stereocenters. The fraction of sp³-hybridized carbons (Fsp3) is 0.500. The zero-order chi connectivity index (χ0) is 3.41. The first-order valence-electron chi connectivity index (χ1n) is 0.893. The van der Waals surface area contributed by atoms with E-state index < -0.39 is 0 Å². The predicted octanol–water partition coefficient (Wildman–Crippen LogP) is -0.171. The Balaban J connectivity index is 2.43. The van der Waals surface area contributed by atoms with Gasteiger partial charge >= 0.3 is 32.7 Å². The molecule has 0 aliphatic carbocycles. The van der Waals surface area contributed by atoms with Crippen LogP contribution in [0.4, 0.5) is 0 Å². The monoisotopic (exact) mass is 121 g/mol. The van der Waals surface area contributed by atoms with Crippen LogP contribution in [0.15, 0.2) is 0 Å². The minimum atomic E-state index is 0.562. The molecule has 0 bridgehead atoms. The van der Waals surface area contributed by atoms with E-state index in [1.165, 1.54) is 0 Å². The number of nitriles is 1. The Bertz CT molecular complexity index is 35.8. The Kier molecular flexibility index (Phi) is 3.02. The molecule has 1 nitrogen and oxygen atoms in total.